The van der Waals surface area contributed by atoms with E-state index in [4.69, 9.17) is 5.73 Å². The normalized spacial score (nSPS) is 13.7. The van der Waals surface area contributed by atoms with Gasteiger partial charge in [0.25, 0.3) is 0 Å². The number of thiophene rings is 1. The van der Waals surface area contributed by atoms with E-state index in [0.717, 1.165) is 25.2 Å². The maximum Gasteiger partial charge on any atom is 0.110 e. The first-order valence-corrected chi connectivity index (χ1v) is 6.14. The van der Waals surface area contributed by atoms with Crippen LogP contribution in [-0.2, 0) is 19.4 Å². The Bertz CT molecular complexity index is 484. The molecule has 3 heterocycles. The molecule has 0 aliphatic carbocycles. The average molecular weight is 219 g/mol. The fourth-order valence-corrected chi connectivity index (χ4v) is 3.07. The molecule has 0 radical (unpaired) electrons. The summed E-state index contributed by atoms with van der Waals surface area (Å²) in [5.74, 6) is 1.13. The molecule has 0 fully saturated rings. The van der Waals surface area contributed by atoms with Gasteiger partial charge in [-0.25, -0.2) is 4.98 Å². The summed E-state index contributed by atoms with van der Waals surface area (Å²) in [6.45, 7) is 1.72. The topological polar surface area (TPSA) is 43.8 Å². The second kappa shape index (κ2) is 3.47. The van der Waals surface area contributed by atoms with Gasteiger partial charge in [-0.1, -0.05) is 0 Å². The average Bonchev–Trinajstić information content (AvgIpc) is 2.83. The largest absolute Gasteiger partial charge is 0.330 e. The molecule has 0 bridgehead atoms. The van der Waals surface area contributed by atoms with Gasteiger partial charge in [0.2, 0.25) is 0 Å². The van der Waals surface area contributed by atoms with Crippen molar-refractivity contribution in [3.8, 4) is 11.3 Å². The summed E-state index contributed by atoms with van der Waals surface area (Å²) in [7, 11) is 0. The maximum absolute atomic E-state index is 5.58. The predicted octanol–water partition coefficient (Wildman–Crippen LogP) is 1.67. The molecule has 3 nitrogen and oxygen atoms in total. The van der Waals surface area contributed by atoms with Crippen LogP contribution in [-0.4, -0.2) is 16.1 Å². The number of imidazole rings is 1. The smallest absolute Gasteiger partial charge is 0.110 e. The first-order valence-electron chi connectivity index (χ1n) is 5.20. The second-order valence-electron chi connectivity index (χ2n) is 3.81. The van der Waals surface area contributed by atoms with Gasteiger partial charge in [0.05, 0.1) is 11.9 Å². The van der Waals surface area contributed by atoms with E-state index in [0.29, 0.717) is 6.54 Å². The summed E-state index contributed by atoms with van der Waals surface area (Å²) >= 11 is 1.78. The van der Waals surface area contributed by atoms with Crippen molar-refractivity contribution in [1.82, 2.24) is 9.55 Å². The van der Waals surface area contributed by atoms with E-state index in [1.54, 1.807) is 11.3 Å². The summed E-state index contributed by atoms with van der Waals surface area (Å²) in [4.78, 5) is 4.45. The van der Waals surface area contributed by atoms with Crippen molar-refractivity contribution in [2.45, 2.75) is 19.4 Å². The van der Waals surface area contributed by atoms with Crippen LogP contribution in [0.4, 0.5) is 0 Å². The molecule has 2 aromatic rings. The van der Waals surface area contributed by atoms with Crippen LogP contribution in [0.25, 0.3) is 11.3 Å². The van der Waals surface area contributed by atoms with Crippen molar-refractivity contribution in [1.29, 1.82) is 0 Å². The molecule has 2 N–H and O–H groups in total. The Hall–Kier alpha value is -1.13. The van der Waals surface area contributed by atoms with Crippen LogP contribution in [0.5, 0.6) is 0 Å². The Morgan fingerprint density at radius 3 is 3.27 bits per heavy atom. The van der Waals surface area contributed by atoms with Gasteiger partial charge in [0.15, 0.2) is 0 Å². The SMILES string of the molecule is NCCc1ncc2n1CCc1cscc1-2. The lowest BCUT2D eigenvalue weighted by Crippen LogP contribution is -2.14. The van der Waals surface area contributed by atoms with Crippen LogP contribution in [0.1, 0.15) is 11.4 Å². The second-order valence-corrected chi connectivity index (χ2v) is 4.55. The van der Waals surface area contributed by atoms with Crippen LogP contribution in [0.2, 0.25) is 0 Å². The van der Waals surface area contributed by atoms with Crippen molar-refractivity contribution in [2.75, 3.05) is 6.54 Å². The summed E-state index contributed by atoms with van der Waals surface area (Å²) in [6.07, 6.45) is 3.98. The van der Waals surface area contributed by atoms with E-state index in [9.17, 15) is 0 Å². The molecule has 3 rings (SSSR count). The molecule has 0 atom stereocenters. The zero-order valence-electron chi connectivity index (χ0n) is 8.44. The van der Waals surface area contributed by atoms with Gasteiger partial charge in [-0.15, -0.1) is 0 Å². The number of hydrogen-bond donors (Lipinski definition) is 1. The van der Waals surface area contributed by atoms with E-state index in [1.165, 1.54) is 16.8 Å². The zero-order chi connectivity index (χ0) is 10.3. The van der Waals surface area contributed by atoms with Gasteiger partial charge in [-0.2, -0.15) is 11.3 Å². The van der Waals surface area contributed by atoms with Crippen LogP contribution in [0, 0.1) is 0 Å². The summed E-state index contributed by atoms with van der Waals surface area (Å²) in [5.41, 5.74) is 9.67. The molecule has 0 saturated carbocycles. The third kappa shape index (κ3) is 1.33. The van der Waals surface area contributed by atoms with Crippen LogP contribution in [0.3, 0.4) is 0 Å². The number of nitrogens with two attached hydrogens (primary N) is 1. The molecular formula is C11H13N3S. The van der Waals surface area contributed by atoms with Gasteiger partial charge in [0, 0.05) is 23.9 Å². The lowest BCUT2D eigenvalue weighted by Gasteiger charge is -2.17. The number of hydrogen-bond acceptors (Lipinski definition) is 3. The number of aryl methyl sites for hydroxylation is 1. The molecule has 15 heavy (non-hydrogen) atoms. The van der Waals surface area contributed by atoms with Crippen LogP contribution >= 0.6 is 11.3 Å². The summed E-state index contributed by atoms with van der Waals surface area (Å²) < 4.78 is 2.31. The Kier molecular flexibility index (Phi) is 2.11. The molecule has 78 valence electrons. The van der Waals surface area contributed by atoms with E-state index in [1.807, 2.05) is 6.20 Å². The van der Waals surface area contributed by atoms with Crippen molar-refractivity contribution < 1.29 is 0 Å². The van der Waals surface area contributed by atoms with E-state index in [-0.39, 0.29) is 0 Å². The lowest BCUT2D eigenvalue weighted by molar-refractivity contribution is 0.642. The molecule has 0 saturated heterocycles. The number of aromatic nitrogens is 2. The highest BCUT2D eigenvalue weighted by Gasteiger charge is 2.19. The van der Waals surface area contributed by atoms with E-state index in [2.05, 4.69) is 20.3 Å². The van der Waals surface area contributed by atoms with Crippen molar-refractivity contribution in [2.24, 2.45) is 5.73 Å². The highest BCUT2D eigenvalue weighted by atomic mass is 32.1. The van der Waals surface area contributed by atoms with Gasteiger partial charge in [0.1, 0.15) is 5.82 Å². The lowest BCUT2D eigenvalue weighted by atomic mass is 10.0. The molecule has 2 aromatic heterocycles. The van der Waals surface area contributed by atoms with Gasteiger partial charge in [-0.05, 0) is 23.9 Å². The molecule has 0 amide bonds. The highest BCUT2D eigenvalue weighted by Crippen LogP contribution is 2.32. The van der Waals surface area contributed by atoms with Gasteiger partial charge in [-0.3, -0.25) is 0 Å². The standard InChI is InChI=1S/C11H13N3S/c12-3-1-11-13-5-10-9-7-15-6-8(9)2-4-14(10)11/h5-7H,1-4,12H2. The van der Waals surface area contributed by atoms with Crippen molar-refractivity contribution in [3.63, 3.8) is 0 Å². The maximum atomic E-state index is 5.58. The first kappa shape index (κ1) is 9.12. The number of fused-ring (bicyclic) bond motifs is 3. The highest BCUT2D eigenvalue weighted by molar-refractivity contribution is 7.08. The predicted molar refractivity (Wildman–Crippen MR) is 62.0 cm³/mol. The third-order valence-corrected chi connectivity index (χ3v) is 3.72. The van der Waals surface area contributed by atoms with Gasteiger partial charge >= 0.3 is 0 Å². The van der Waals surface area contributed by atoms with Crippen LogP contribution < -0.4 is 5.73 Å². The van der Waals surface area contributed by atoms with Gasteiger partial charge < -0.3 is 10.3 Å². The monoisotopic (exact) mass is 219 g/mol. The number of rotatable bonds is 2. The minimum Gasteiger partial charge on any atom is -0.330 e. The summed E-state index contributed by atoms with van der Waals surface area (Å²) in [6, 6.07) is 0. The molecule has 1 aliphatic rings. The molecule has 4 heteroatoms. The Morgan fingerprint density at radius 1 is 1.47 bits per heavy atom. The third-order valence-electron chi connectivity index (χ3n) is 2.93. The molecule has 0 spiro atoms. The fourth-order valence-electron chi connectivity index (χ4n) is 2.18. The van der Waals surface area contributed by atoms with Crippen molar-refractivity contribution in [3.05, 3.63) is 28.3 Å². The zero-order valence-corrected chi connectivity index (χ0v) is 9.26. The summed E-state index contributed by atoms with van der Waals surface area (Å²) in [5, 5.41) is 4.46. The molecule has 0 unspecified atom stereocenters. The van der Waals surface area contributed by atoms with E-state index < -0.39 is 0 Å². The quantitative estimate of drug-likeness (QED) is 0.835. The Morgan fingerprint density at radius 2 is 2.40 bits per heavy atom. The Labute approximate surface area is 92.6 Å². The number of nitrogens with zero attached hydrogens (tertiary/aromatic N) is 2. The minimum absolute atomic E-state index is 0.674. The molecular weight excluding hydrogens is 206 g/mol. The van der Waals surface area contributed by atoms with Crippen molar-refractivity contribution >= 4 is 11.3 Å². The van der Waals surface area contributed by atoms with E-state index >= 15 is 0 Å². The molecule has 1 aliphatic heterocycles. The minimum atomic E-state index is 0.674. The molecule has 0 aromatic carbocycles. The Balaban J connectivity index is 2.11. The first-order chi connectivity index (χ1) is 7.40. The van der Waals surface area contributed by atoms with Crippen LogP contribution in [0.15, 0.2) is 17.0 Å². The fraction of sp³-hybridized carbons (Fsp3) is 0.364.